The van der Waals surface area contributed by atoms with Crippen LogP contribution in [0, 0.1) is 5.82 Å². The van der Waals surface area contributed by atoms with Gasteiger partial charge in [0.25, 0.3) is 15.9 Å². The normalized spacial score (nSPS) is 16.7. The predicted octanol–water partition coefficient (Wildman–Crippen LogP) is 2.17. The summed E-state index contributed by atoms with van der Waals surface area (Å²) in [5.41, 5.74) is 0.877. The van der Waals surface area contributed by atoms with Gasteiger partial charge in [0.15, 0.2) is 0 Å². The topological polar surface area (TPSA) is 92.8 Å². The van der Waals surface area contributed by atoms with Gasteiger partial charge in [-0.1, -0.05) is 17.2 Å². The van der Waals surface area contributed by atoms with Gasteiger partial charge in [0, 0.05) is 18.5 Å². The average Bonchev–Trinajstić information content (AvgIpc) is 2.49. The molecule has 1 atom stereocenters. The zero-order valence-corrected chi connectivity index (χ0v) is 15.9. The number of esters is 1. The Morgan fingerprint density at radius 2 is 2.08 bits per heavy atom. The lowest BCUT2D eigenvalue weighted by Crippen LogP contribution is -2.50. The van der Waals surface area contributed by atoms with E-state index >= 15 is 0 Å². The van der Waals surface area contributed by atoms with E-state index in [1.165, 1.54) is 19.9 Å². The molecule has 0 saturated carbocycles. The van der Waals surface area contributed by atoms with Crippen molar-refractivity contribution in [1.29, 1.82) is 0 Å². The van der Waals surface area contributed by atoms with Gasteiger partial charge in [-0.05, 0) is 38.5 Å². The molecule has 1 aliphatic heterocycles. The first-order chi connectivity index (χ1) is 12.0. The fourth-order valence-electron chi connectivity index (χ4n) is 2.65. The maximum atomic E-state index is 13.9. The minimum absolute atomic E-state index is 0.0477. The predicted molar refractivity (Wildman–Crippen MR) is 92.0 cm³/mol. The third-order valence-electron chi connectivity index (χ3n) is 3.81. The molecule has 1 heterocycles. The van der Waals surface area contributed by atoms with E-state index in [1.54, 1.807) is 6.92 Å². The van der Waals surface area contributed by atoms with E-state index < -0.39 is 38.7 Å². The van der Waals surface area contributed by atoms with Crippen molar-refractivity contribution < 1.29 is 27.1 Å². The number of halogens is 2. The Morgan fingerprint density at radius 1 is 1.42 bits per heavy atom. The molecule has 0 radical (unpaired) electrons. The lowest BCUT2D eigenvalue weighted by molar-refractivity contribution is -0.145. The molecule has 0 fully saturated rings. The molecule has 1 aromatic rings. The molecule has 7 nitrogen and oxygen atoms in total. The number of carbonyl (C=O) groups is 2. The Hall–Kier alpha value is -1.97. The molecule has 0 aromatic heterocycles. The van der Waals surface area contributed by atoms with Crippen molar-refractivity contribution in [3.8, 4) is 0 Å². The Kier molecular flexibility index (Phi) is 6.05. The molecule has 1 unspecified atom stereocenters. The van der Waals surface area contributed by atoms with E-state index in [1.807, 2.05) is 0 Å². The Labute approximate surface area is 155 Å². The van der Waals surface area contributed by atoms with Crippen LogP contribution in [-0.2, 0) is 24.3 Å². The number of hydrazine groups is 1. The minimum Gasteiger partial charge on any atom is -0.458 e. The first-order valence-corrected chi connectivity index (χ1v) is 9.55. The second kappa shape index (κ2) is 7.73. The highest BCUT2D eigenvalue weighted by atomic mass is 35.5. The highest BCUT2D eigenvalue weighted by Gasteiger charge is 2.33. The van der Waals surface area contributed by atoms with Gasteiger partial charge < -0.3 is 4.74 Å². The van der Waals surface area contributed by atoms with Gasteiger partial charge >= 0.3 is 5.97 Å². The zero-order valence-electron chi connectivity index (χ0n) is 14.4. The molecule has 26 heavy (non-hydrogen) atoms. The first-order valence-electron chi connectivity index (χ1n) is 7.69. The lowest BCUT2D eigenvalue weighted by atomic mass is 9.98. The third kappa shape index (κ3) is 4.40. The smallest absolute Gasteiger partial charge is 0.303 e. The molecule has 0 bridgehead atoms. The number of nitrogens with one attached hydrogen (secondary N) is 1. The van der Waals surface area contributed by atoms with Crippen LogP contribution in [0.1, 0.15) is 27.2 Å². The Morgan fingerprint density at radius 3 is 2.65 bits per heavy atom. The molecule has 0 saturated heterocycles. The number of nitrogens with zero attached hydrogens (tertiary/aromatic N) is 1. The fourth-order valence-corrected chi connectivity index (χ4v) is 3.93. The van der Waals surface area contributed by atoms with Crippen LogP contribution in [0.25, 0.3) is 0 Å². The van der Waals surface area contributed by atoms with E-state index in [0.29, 0.717) is 12.0 Å². The summed E-state index contributed by atoms with van der Waals surface area (Å²) in [7, 11) is -4.34. The summed E-state index contributed by atoms with van der Waals surface area (Å²) in [6, 6.07) is 3.11. The molecule has 142 valence electrons. The first kappa shape index (κ1) is 20.3. The summed E-state index contributed by atoms with van der Waals surface area (Å²) in [6.45, 7) is 4.51. The highest BCUT2D eigenvalue weighted by Crippen LogP contribution is 2.24. The third-order valence-corrected chi connectivity index (χ3v) is 5.41. The summed E-state index contributed by atoms with van der Waals surface area (Å²) in [5.74, 6) is -2.25. The second-order valence-corrected chi connectivity index (χ2v) is 7.89. The number of hydrogen-bond acceptors (Lipinski definition) is 5. The van der Waals surface area contributed by atoms with Gasteiger partial charge in [-0.2, -0.15) is 0 Å². The van der Waals surface area contributed by atoms with Crippen LogP contribution < -0.4 is 4.83 Å². The van der Waals surface area contributed by atoms with Crippen LogP contribution >= 0.6 is 11.6 Å². The SMILES string of the molecule is CC(=O)OC(C)C1=C(C)CCN(NS(=O)(=O)c2ccc(Cl)cc2F)C1=O. The summed E-state index contributed by atoms with van der Waals surface area (Å²) < 4.78 is 43.8. The largest absolute Gasteiger partial charge is 0.458 e. The number of ether oxygens (including phenoxy) is 1. The van der Waals surface area contributed by atoms with E-state index in [9.17, 15) is 22.4 Å². The molecule has 0 spiro atoms. The lowest BCUT2D eigenvalue weighted by Gasteiger charge is -2.31. The molecule has 1 amide bonds. The van der Waals surface area contributed by atoms with E-state index in [0.717, 1.165) is 17.1 Å². The van der Waals surface area contributed by atoms with Crippen LogP contribution in [-0.4, -0.2) is 38.0 Å². The van der Waals surface area contributed by atoms with Crippen molar-refractivity contribution in [3.05, 3.63) is 40.2 Å². The van der Waals surface area contributed by atoms with Crippen LogP contribution in [0.5, 0.6) is 0 Å². The fraction of sp³-hybridized carbons (Fsp3) is 0.375. The van der Waals surface area contributed by atoms with Crippen molar-refractivity contribution in [3.63, 3.8) is 0 Å². The summed E-state index contributed by atoms with van der Waals surface area (Å²) in [4.78, 5) is 25.2. The molecule has 2 rings (SSSR count). The van der Waals surface area contributed by atoms with Crippen molar-refractivity contribution in [2.24, 2.45) is 0 Å². The van der Waals surface area contributed by atoms with E-state index in [2.05, 4.69) is 4.83 Å². The van der Waals surface area contributed by atoms with Gasteiger partial charge in [0.05, 0.1) is 5.57 Å². The van der Waals surface area contributed by atoms with Gasteiger partial charge in [-0.3, -0.25) is 14.6 Å². The van der Waals surface area contributed by atoms with Crippen molar-refractivity contribution in [2.45, 2.75) is 38.2 Å². The molecule has 1 aromatic carbocycles. The standard InChI is InChI=1S/C16H18ClFN2O5S/c1-9-6-7-20(16(22)15(9)10(2)25-11(3)21)19-26(23,24)14-5-4-12(17)8-13(14)18/h4-5,8,10,19H,6-7H2,1-3H3. The monoisotopic (exact) mass is 404 g/mol. The number of rotatable bonds is 5. The van der Waals surface area contributed by atoms with E-state index in [4.69, 9.17) is 16.3 Å². The molecular formula is C16H18ClFN2O5S. The quantitative estimate of drug-likeness (QED) is 0.759. The molecule has 0 aliphatic carbocycles. The van der Waals surface area contributed by atoms with Crippen molar-refractivity contribution >= 4 is 33.5 Å². The maximum Gasteiger partial charge on any atom is 0.303 e. The van der Waals surface area contributed by atoms with Crippen LogP contribution in [0.3, 0.4) is 0 Å². The van der Waals surface area contributed by atoms with Gasteiger partial charge in [-0.15, -0.1) is 4.83 Å². The Bertz CT molecular complexity index is 885. The summed E-state index contributed by atoms with van der Waals surface area (Å²) in [5, 5.41) is 0.915. The zero-order chi connectivity index (χ0) is 19.6. The summed E-state index contributed by atoms with van der Waals surface area (Å²) in [6.07, 6.45) is -0.460. The number of benzene rings is 1. The number of carbonyl (C=O) groups excluding carboxylic acids is 2. The van der Waals surface area contributed by atoms with Gasteiger partial charge in [0.1, 0.15) is 16.8 Å². The number of hydrogen-bond donors (Lipinski definition) is 1. The van der Waals surface area contributed by atoms with Crippen LogP contribution in [0.15, 0.2) is 34.2 Å². The van der Waals surface area contributed by atoms with Crippen molar-refractivity contribution in [1.82, 2.24) is 9.84 Å². The molecule has 1 N–H and O–H groups in total. The average molecular weight is 405 g/mol. The number of amides is 1. The molecule has 1 aliphatic rings. The van der Waals surface area contributed by atoms with Gasteiger partial charge in [0.2, 0.25) is 0 Å². The van der Waals surface area contributed by atoms with Crippen LogP contribution in [0.4, 0.5) is 4.39 Å². The van der Waals surface area contributed by atoms with E-state index in [-0.39, 0.29) is 17.1 Å². The highest BCUT2D eigenvalue weighted by molar-refractivity contribution is 7.89. The Balaban J connectivity index is 2.27. The molecule has 10 heteroatoms. The maximum absolute atomic E-state index is 13.9. The van der Waals surface area contributed by atoms with Crippen molar-refractivity contribution in [2.75, 3.05) is 6.54 Å². The minimum atomic E-state index is -4.34. The molecular weight excluding hydrogens is 387 g/mol. The summed E-state index contributed by atoms with van der Waals surface area (Å²) >= 11 is 5.63. The second-order valence-electron chi connectivity index (χ2n) is 5.82. The van der Waals surface area contributed by atoms with Gasteiger partial charge in [-0.25, -0.2) is 12.8 Å². The number of sulfonamides is 1. The van der Waals surface area contributed by atoms with Crippen LogP contribution in [0.2, 0.25) is 5.02 Å².